The minimum absolute atomic E-state index is 0.0464. The number of ether oxygens (including phenoxy) is 1. The molecule has 0 N–H and O–H groups in total. The van der Waals surface area contributed by atoms with Crippen molar-refractivity contribution < 1.29 is 14.3 Å². The molecule has 1 amide bonds. The summed E-state index contributed by atoms with van der Waals surface area (Å²) >= 11 is 0. The van der Waals surface area contributed by atoms with E-state index in [-0.39, 0.29) is 25.0 Å². The van der Waals surface area contributed by atoms with Crippen LogP contribution in [0.3, 0.4) is 0 Å². The molecule has 6 nitrogen and oxygen atoms in total. The number of amides is 1. The van der Waals surface area contributed by atoms with E-state index in [2.05, 4.69) is 36.1 Å². The summed E-state index contributed by atoms with van der Waals surface area (Å²) in [7, 11) is 0. The van der Waals surface area contributed by atoms with Crippen molar-refractivity contribution in [3.05, 3.63) is 53.6 Å². The van der Waals surface area contributed by atoms with E-state index in [1.54, 1.807) is 0 Å². The maximum absolute atomic E-state index is 12.9. The Labute approximate surface area is 165 Å². The Bertz CT molecular complexity index is 904. The van der Waals surface area contributed by atoms with Crippen molar-refractivity contribution in [2.45, 2.75) is 13.8 Å². The number of benzene rings is 2. The predicted octanol–water partition coefficient (Wildman–Crippen LogP) is 2.38. The minimum Gasteiger partial charge on any atom is -0.423 e. The van der Waals surface area contributed by atoms with Gasteiger partial charge < -0.3 is 19.4 Å². The van der Waals surface area contributed by atoms with E-state index in [1.807, 2.05) is 34.9 Å². The normalized spacial score (nSPS) is 16.6. The Hall–Kier alpha value is -3.02. The van der Waals surface area contributed by atoms with Crippen molar-refractivity contribution in [2.24, 2.45) is 0 Å². The summed E-state index contributed by atoms with van der Waals surface area (Å²) < 4.78 is 5.33. The van der Waals surface area contributed by atoms with Crippen LogP contribution in [-0.4, -0.2) is 56.0 Å². The molecule has 0 unspecified atom stereocenters. The first-order valence-corrected chi connectivity index (χ1v) is 9.65. The minimum atomic E-state index is -0.324. The molecule has 2 aliphatic heterocycles. The summed E-state index contributed by atoms with van der Waals surface area (Å²) in [6.07, 6.45) is 0. The Morgan fingerprint density at radius 2 is 1.75 bits per heavy atom. The smallest absolute Gasteiger partial charge is 0.331 e. The zero-order valence-electron chi connectivity index (χ0n) is 16.4. The van der Waals surface area contributed by atoms with Gasteiger partial charge in [0, 0.05) is 31.9 Å². The van der Waals surface area contributed by atoms with Crippen LogP contribution in [0.2, 0.25) is 0 Å². The van der Waals surface area contributed by atoms with Gasteiger partial charge in [-0.1, -0.05) is 18.2 Å². The molecule has 0 aromatic heterocycles. The predicted molar refractivity (Wildman–Crippen MR) is 109 cm³/mol. The van der Waals surface area contributed by atoms with Crippen LogP contribution in [0.25, 0.3) is 0 Å². The lowest BCUT2D eigenvalue weighted by Crippen LogP contribution is -2.52. The Kier molecular flexibility index (Phi) is 4.94. The van der Waals surface area contributed by atoms with Gasteiger partial charge in [0.1, 0.15) is 6.54 Å². The zero-order chi connectivity index (χ0) is 19.7. The quantitative estimate of drug-likeness (QED) is 0.605. The van der Waals surface area contributed by atoms with Crippen LogP contribution in [0.5, 0.6) is 5.75 Å². The number of aryl methyl sites for hydroxylation is 2. The number of hydrogen-bond donors (Lipinski definition) is 0. The van der Waals surface area contributed by atoms with E-state index in [4.69, 9.17) is 4.74 Å². The largest absolute Gasteiger partial charge is 0.423 e. The third-order valence-electron chi connectivity index (χ3n) is 5.33. The van der Waals surface area contributed by atoms with Gasteiger partial charge in [-0.15, -0.1) is 0 Å². The van der Waals surface area contributed by atoms with Crippen molar-refractivity contribution in [2.75, 3.05) is 49.1 Å². The fourth-order valence-corrected chi connectivity index (χ4v) is 3.80. The van der Waals surface area contributed by atoms with E-state index < -0.39 is 0 Å². The fraction of sp³-hybridized carbons (Fsp3) is 0.364. The van der Waals surface area contributed by atoms with Crippen molar-refractivity contribution >= 4 is 23.3 Å². The summed E-state index contributed by atoms with van der Waals surface area (Å²) in [5.74, 6) is 0.258. The second kappa shape index (κ2) is 7.54. The van der Waals surface area contributed by atoms with Crippen molar-refractivity contribution in [1.82, 2.24) is 4.90 Å². The molecular weight excluding hydrogens is 354 g/mol. The van der Waals surface area contributed by atoms with Crippen molar-refractivity contribution in [3.8, 4) is 5.75 Å². The number of piperazine rings is 1. The standard InChI is InChI=1S/C22H25N3O3/c1-16-4-3-5-18(12-16)23-8-10-24(11-9-23)21(26)14-25-15-22(27)28-20-13-17(2)6-7-19(20)25/h3-7,12-13H,8-11,14-15H2,1-2H3. The Morgan fingerprint density at radius 1 is 1.00 bits per heavy atom. The third-order valence-corrected chi connectivity index (χ3v) is 5.33. The van der Waals surface area contributed by atoms with Gasteiger partial charge in [-0.3, -0.25) is 4.79 Å². The molecule has 146 valence electrons. The average molecular weight is 379 g/mol. The second-order valence-electron chi connectivity index (χ2n) is 7.51. The van der Waals surface area contributed by atoms with Crippen molar-refractivity contribution in [3.63, 3.8) is 0 Å². The fourth-order valence-electron chi connectivity index (χ4n) is 3.80. The molecule has 28 heavy (non-hydrogen) atoms. The lowest BCUT2D eigenvalue weighted by Gasteiger charge is -2.38. The van der Waals surface area contributed by atoms with Gasteiger partial charge in [-0.05, 0) is 49.2 Å². The van der Waals surface area contributed by atoms with Gasteiger partial charge in [-0.25, -0.2) is 4.79 Å². The van der Waals surface area contributed by atoms with E-state index >= 15 is 0 Å². The molecular formula is C22H25N3O3. The Morgan fingerprint density at radius 3 is 2.50 bits per heavy atom. The van der Waals surface area contributed by atoms with Gasteiger partial charge in [0.25, 0.3) is 0 Å². The molecule has 2 aromatic carbocycles. The molecule has 6 heteroatoms. The van der Waals surface area contributed by atoms with Crippen LogP contribution >= 0.6 is 0 Å². The molecule has 2 heterocycles. The number of fused-ring (bicyclic) bond motifs is 1. The van der Waals surface area contributed by atoms with Crippen LogP contribution < -0.4 is 14.5 Å². The summed E-state index contributed by atoms with van der Waals surface area (Å²) in [5.41, 5.74) is 4.26. The number of hydrogen-bond acceptors (Lipinski definition) is 5. The molecule has 0 atom stereocenters. The highest BCUT2D eigenvalue weighted by Gasteiger charge is 2.28. The first-order valence-electron chi connectivity index (χ1n) is 9.65. The average Bonchev–Trinajstić information content (AvgIpc) is 2.67. The number of rotatable bonds is 3. The Balaban J connectivity index is 1.39. The van der Waals surface area contributed by atoms with Crippen LogP contribution in [0, 0.1) is 13.8 Å². The highest BCUT2D eigenvalue weighted by atomic mass is 16.5. The molecule has 0 aliphatic carbocycles. The van der Waals surface area contributed by atoms with Crippen LogP contribution in [0.1, 0.15) is 11.1 Å². The first kappa shape index (κ1) is 18.3. The van der Waals surface area contributed by atoms with Gasteiger partial charge in [-0.2, -0.15) is 0 Å². The highest BCUT2D eigenvalue weighted by Crippen LogP contribution is 2.32. The number of anilines is 2. The van der Waals surface area contributed by atoms with Crippen molar-refractivity contribution in [1.29, 1.82) is 0 Å². The second-order valence-corrected chi connectivity index (χ2v) is 7.51. The molecule has 1 fully saturated rings. The van der Waals surface area contributed by atoms with Crippen LogP contribution in [0.4, 0.5) is 11.4 Å². The molecule has 1 saturated heterocycles. The zero-order valence-corrected chi connectivity index (χ0v) is 16.4. The molecule has 0 spiro atoms. The molecule has 2 aliphatic rings. The molecule has 4 rings (SSSR count). The summed E-state index contributed by atoms with van der Waals surface area (Å²) in [5, 5.41) is 0. The third kappa shape index (κ3) is 3.81. The number of esters is 1. The van der Waals surface area contributed by atoms with Gasteiger partial charge in [0.15, 0.2) is 5.75 Å². The monoisotopic (exact) mass is 379 g/mol. The van der Waals surface area contributed by atoms with E-state index in [0.29, 0.717) is 18.8 Å². The van der Waals surface area contributed by atoms with E-state index in [9.17, 15) is 9.59 Å². The lowest BCUT2D eigenvalue weighted by molar-refractivity contribution is -0.133. The maximum atomic E-state index is 12.9. The number of carbonyl (C=O) groups excluding carboxylic acids is 2. The first-order chi connectivity index (χ1) is 13.5. The summed E-state index contributed by atoms with van der Waals surface area (Å²) in [6, 6.07) is 14.2. The maximum Gasteiger partial charge on any atom is 0.331 e. The highest BCUT2D eigenvalue weighted by molar-refractivity contribution is 5.89. The molecule has 0 bridgehead atoms. The summed E-state index contributed by atoms with van der Waals surface area (Å²) in [6.45, 7) is 7.33. The van der Waals surface area contributed by atoms with Gasteiger partial charge in [0.05, 0.1) is 12.2 Å². The topological polar surface area (TPSA) is 53.1 Å². The van der Waals surface area contributed by atoms with E-state index in [0.717, 1.165) is 24.3 Å². The van der Waals surface area contributed by atoms with Gasteiger partial charge in [0.2, 0.25) is 5.91 Å². The van der Waals surface area contributed by atoms with Gasteiger partial charge >= 0.3 is 5.97 Å². The van der Waals surface area contributed by atoms with E-state index in [1.165, 1.54) is 11.3 Å². The lowest BCUT2D eigenvalue weighted by atomic mass is 10.1. The summed E-state index contributed by atoms with van der Waals surface area (Å²) in [4.78, 5) is 30.8. The van der Waals surface area contributed by atoms with Crippen LogP contribution in [0.15, 0.2) is 42.5 Å². The molecule has 2 aromatic rings. The molecule has 0 saturated carbocycles. The number of nitrogens with zero attached hydrogens (tertiary/aromatic N) is 3. The number of carbonyl (C=O) groups is 2. The van der Waals surface area contributed by atoms with Crippen LogP contribution in [-0.2, 0) is 9.59 Å². The SMILES string of the molecule is Cc1cccc(N2CCN(C(=O)CN3CC(=O)Oc4cc(C)ccc43)CC2)c1. The molecule has 0 radical (unpaired) electrons.